The smallest absolute Gasteiger partial charge is 0.128 e. The predicted molar refractivity (Wildman–Crippen MR) is 63.0 cm³/mol. The molecule has 0 saturated heterocycles. The van der Waals surface area contributed by atoms with Gasteiger partial charge in [0.15, 0.2) is 0 Å². The van der Waals surface area contributed by atoms with Gasteiger partial charge in [-0.15, -0.1) is 0 Å². The molecule has 88 valence electrons. The van der Waals surface area contributed by atoms with Gasteiger partial charge in [0.05, 0.1) is 12.9 Å². The van der Waals surface area contributed by atoms with Crippen LogP contribution in [0.25, 0.3) is 0 Å². The summed E-state index contributed by atoms with van der Waals surface area (Å²) in [6.45, 7) is 3.94. The van der Waals surface area contributed by atoms with Crippen molar-refractivity contribution in [3.8, 4) is 0 Å². The fraction of sp³-hybridized carbons (Fsp3) is 0.538. The molecule has 0 spiro atoms. The summed E-state index contributed by atoms with van der Waals surface area (Å²) in [6.07, 6.45) is 7.19. The molecule has 3 heteroatoms. The highest BCUT2D eigenvalue weighted by Crippen LogP contribution is 2.26. The lowest BCUT2D eigenvalue weighted by Gasteiger charge is -2.23. The van der Waals surface area contributed by atoms with Gasteiger partial charge in [0, 0.05) is 0 Å². The molecule has 0 amide bonds. The summed E-state index contributed by atoms with van der Waals surface area (Å²) < 4.78 is 11.2. The van der Waals surface area contributed by atoms with E-state index in [1.54, 1.807) is 6.26 Å². The second-order valence-corrected chi connectivity index (χ2v) is 4.00. The molecule has 0 bridgehead atoms. The monoisotopic (exact) mass is 221 g/mol. The van der Waals surface area contributed by atoms with Gasteiger partial charge in [-0.2, -0.15) is 0 Å². The van der Waals surface area contributed by atoms with E-state index in [9.17, 15) is 0 Å². The molecule has 0 aliphatic carbocycles. The Labute approximate surface area is 96.5 Å². The molecule has 1 aromatic heterocycles. The van der Waals surface area contributed by atoms with Crippen LogP contribution in [0.3, 0.4) is 0 Å². The average molecular weight is 221 g/mol. The Morgan fingerprint density at radius 3 is 3.06 bits per heavy atom. The van der Waals surface area contributed by atoms with E-state index in [0.717, 1.165) is 43.9 Å². The Bertz CT molecular complexity index is 330. The summed E-state index contributed by atoms with van der Waals surface area (Å²) in [5.74, 6) is 1.94. The number of furan rings is 1. The van der Waals surface area contributed by atoms with Crippen LogP contribution in [0.5, 0.6) is 0 Å². The first-order chi connectivity index (χ1) is 7.92. The van der Waals surface area contributed by atoms with Gasteiger partial charge in [0.2, 0.25) is 0 Å². The second kappa shape index (κ2) is 5.75. The first-order valence-corrected chi connectivity index (χ1v) is 6.01. The molecule has 16 heavy (non-hydrogen) atoms. The number of nitrogens with one attached hydrogen (secondary N) is 1. The fourth-order valence-corrected chi connectivity index (χ4v) is 1.86. The maximum Gasteiger partial charge on any atom is 0.128 e. The third-order valence-corrected chi connectivity index (χ3v) is 2.67. The predicted octanol–water partition coefficient (Wildman–Crippen LogP) is 3.01. The lowest BCUT2D eigenvalue weighted by molar-refractivity contribution is 0.161. The van der Waals surface area contributed by atoms with Crippen molar-refractivity contribution in [2.75, 3.05) is 13.2 Å². The maximum atomic E-state index is 5.70. The van der Waals surface area contributed by atoms with Gasteiger partial charge in [-0.3, -0.25) is 0 Å². The summed E-state index contributed by atoms with van der Waals surface area (Å²) in [4.78, 5) is 0. The Balaban J connectivity index is 2.10. The quantitative estimate of drug-likeness (QED) is 0.830. The number of hydrogen-bond acceptors (Lipinski definition) is 3. The molecule has 0 saturated carbocycles. The van der Waals surface area contributed by atoms with Crippen molar-refractivity contribution in [1.82, 2.24) is 5.32 Å². The molecular weight excluding hydrogens is 202 g/mol. The van der Waals surface area contributed by atoms with E-state index in [-0.39, 0.29) is 6.04 Å². The Morgan fingerprint density at radius 1 is 1.50 bits per heavy atom. The Kier molecular flexibility index (Phi) is 4.05. The van der Waals surface area contributed by atoms with E-state index in [4.69, 9.17) is 9.15 Å². The lowest BCUT2D eigenvalue weighted by atomic mass is 10.1. The van der Waals surface area contributed by atoms with Crippen molar-refractivity contribution < 1.29 is 9.15 Å². The average Bonchev–Trinajstić information content (AvgIpc) is 2.85. The van der Waals surface area contributed by atoms with Crippen LogP contribution in [-0.4, -0.2) is 13.2 Å². The van der Waals surface area contributed by atoms with E-state index in [1.807, 2.05) is 12.1 Å². The molecule has 2 rings (SSSR count). The molecule has 1 aliphatic heterocycles. The third-order valence-electron chi connectivity index (χ3n) is 2.67. The van der Waals surface area contributed by atoms with Crippen molar-refractivity contribution >= 4 is 0 Å². The third kappa shape index (κ3) is 2.67. The highest BCUT2D eigenvalue weighted by atomic mass is 16.5. The molecule has 1 unspecified atom stereocenters. The molecule has 0 aromatic carbocycles. The van der Waals surface area contributed by atoms with Crippen LogP contribution in [0.4, 0.5) is 0 Å². The van der Waals surface area contributed by atoms with Gasteiger partial charge in [0.25, 0.3) is 0 Å². The summed E-state index contributed by atoms with van der Waals surface area (Å²) >= 11 is 0. The second-order valence-electron chi connectivity index (χ2n) is 4.00. The van der Waals surface area contributed by atoms with Crippen LogP contribution in [0.2, 0.25) is 0 Å². The first-order valence-electron chi connectivity index (χ1n) is 6.01. The molecule has 3 nitrogen and oxygen atoms in total. The minimum Gasteiger partial charge on any atom is -0.496 e. The van der Waals surface area contributed by atoms with E-state index in [0.29, 0.717) is 0 Å². The fourth-order valence-electron chi connectivity index (χ4n) is 1.86. The molecule has 0 radical (unpaired) electrons. The normalized spacial score (nSPS) is 17.7. The van der Waals surface area contributed by atoms with E-state index in [1.165, 1.54) is 0 Å². The van der Waals surface area contributed by atoms with Gasteiger partial charge < -0.3 is 14.5 Å². The number of ether oxygens (including phenoxy) is 1. The van der Waals surface area contributed by atoms with Crippen LogP contribution in [0, 0.1) is 0 Å². The molecule has 2 heterocycles. The zero-order valence-electron chi connectivity index (χ0n) is 9.74. The molecule has 1 aliphatic rings. The van der Waals surface area contributed by atoms with E-state index < -0.39 is 0 Å². The van der Waals surface area contributed by atoms with Crippen molar-refractivity contribution in [1.29, 1.82) is 0 Å². The van der Waals surface area contributed by atoms with E-state index in [2.05, 4.69) is 18.3 Å². The molecule has 1 N–H and O–H groups in total. The number of hydrogen-bond donors (Lipinski definition) is 1. The highest BCUT2D eigenvalue weighted by molar-refractivity contribution is 5.17. The Hall–Kier alpha value is -1.22. The van der Waals surface area contributed by atoms with Crippen LogP contribution in [0.15, 0.2) is 34.6 Å². The van der Waals surface area contributed by atoms with Crippen molar-refractivity contribution in [2.45, 2.75) is 32.2 Å². The van der Waals surface area contributed by atoms with Gasteiger partial charge in [0.1, 0.15) is 17.6 Å². The summed E-state index contributed by atoms with van der Waals surface area (Å²) in [7, 11) is 0. The zero-order valence-corrected chi connectivity index (χ0v) is 9.74. The van der Waals surface area contributed by atoms with Crippen LogP contribution < -0.4 is 5.32 Å². The summed E-state index contributed by atoms with van der Waals surface area (Å²) in [5, 5.41) is 3.45. The van der Waals surface area contributed by atoms with Crippen molar-refractivity contribution in [2.24, 2.45) is 0 Å². The van der Waals surface area contributed by atoms with Crippen LogP contribution in [-0.2, 0) is 4.74 Å². The standard InChI is InChI=1S/C13H19NO2/c1-2-8-14-13(12-7-5-10-16-12)11-6-3-4-9-15-11/h5-7,10,13-14H,2-4,8-9H2,1H3. The molecule has 1 aromatic rings. The summed E-state index contributed by atoms with van der Waals surface area (Å²) in [5.41, 5.74) is 0. The lowest BCUT2D eigenvalue weighted by Crippen LogP contribution is -2.25. The van der Waals surface area contributed by atoms with Gasteiger partial charge in [-0.1, -0.05) is 6.92 Å². The topological polar surface area (TPSA) is 34.4 Å². The van der Waals surface area contributed by atoms with Gasteiger partial charge >= 0.3 is 0 Å². The minimum absolute atomic E-state index is 0.0789. The molecular formula is C13H19NO2. The Morgan fingerprint density at radius 2 is 2.44 bits per heavy atom. The maximum absolute atomic E-state index is 5.70. The highest BCUT2D eigenvalue weighted by Gasteiger charge is 2.21. The number of rotatable bonds is 5. The van der Waals surface area contributed by atoms with Gasteiger partial charge in [-0.05, 0) is 44.0 Å². The first kappa shape index (κ1) is 11.3. The van der Waals surface area contributed by atoms with Crippen LogP contribution >= 0.6 is 0 Å². The molecule has 1 atom stereocenters. The van der Waals surface area contributed by atoms with Crippen molar-refractivity contribution in [3.63, 3.8) is 0 Å². The minimum atomic E-state index is 0.0789. The molecule has 0 fully saturated rings. The van der Waals surface area contributed by atoms with E-state index >= 15 is 0 Å². The van der Waals surface area contributed by atoms with Gasteiger partial charge in [-0.25, -0.2) is 0 Å². The largest absolute Gasteiger partial charge is 0.496 e. The van der Waals surface area contributed by atoms with Crippen LogP contribution in [0.1, 0.15) is 38.0 Å². The number of allylic oxidation sites excluding steroid dienone is 1. The van der Waals surface area contributed by atoms with Crippen molar-refractivity contribution in [3.05, 3.63) is 36.0 Å². The summed E-state index contributed by atoms with van der Waals surface area (Å²) in [6, 6.07) is 3.99. The zero-order chi connectivity index (χ0) is 11.2. The SMILES string of the molecule is CCCNC(C1=CCCCO1)c1ccco1.